The fraction of sp³-hybridized carbons (Fsp3) is 0.552. The topological polar surface area (TPSA) is 242 Å². The zero-order chi connectivity index (χ0) is 32.1. The molecular weight excluding hydrogens is 558 g/mol. The molecule has 2 rings (SSSR count). The van der Waals surface area contributed by atoms with Crippen molar-refractivity contribution < 1.29 is 34.2 Å². The number of benzene rings is 1. The van der Waals surface area contributed by atoms with Crippen molar-refractivity contribution in [1.82, 2.24) is 26.3 Å². The van der Waals surface area contributed by atoms with Crippen LogP contribution in [0, 0.1) is 5.92 Å². The fourth-order valence-corrected chi connectivity index (χ4v) is 4.52. The molecule has 238 valence electrons. The number of H-pyrrole nitrogens is 1. The Hall–Kier alpha value is -4.01. The Morgan fingerprint density at radius 3 is 2.12 bits per heavy atom. The fourth-order valence-electron chi connectivity index (χ4n) is 4.52. The number of aliphatic hydroxyl groups excluding tert-OH is 1. The van der Waals surface area contributed by atoms with Crippen molar-refractivity contribution in [1.29, 1.82) is 0 Å². The van der Waals surface area contributed by atoms with Crippen molar-refractivity contribution in [3.05, 3.63) is 36.0 Å². The van der Waals surface area contributed by atoms with Crippen molar-refractivity contribution in [2.45, 2.75) is 83.1 Å². The molecular formula is C29H45N7O7. The highest BCUT2D eigenvalue weighted by Gasteiger charge is 2.31. The van der Waals surface area contributed by atoms with Gasteiger partial charge in [-0.1, -0.05) is 32.0 Å². The van der Waals surface area contributed by atoms with Crippen molar-refractivity contribution in [3.8, 4) is 0 Å². The van der Waals surface area contributed by atoms with E-state index in [0.29, 0.717) is 25.8 Å². The predicted molar refractivity (Wildman–Crippen MR) is 160 cm³/mol. The van der Waals surface area contributed by atoms with Gasteiger partial charge in [-0.25, -0.2) is 4.79 Å². The van der Waals surface area contributed by atoms with Crippen molar-refractivity contribution in [2.75, 3.05) is 13.2 Å². The molecule has 1 heterocycles. The van der Waals surface area contributed by atoms with E-state index < -0.39 is 66.4 Å². The third-order valence-electron chi connectivity index (χ3n) is 6.92. The van der Waals surface area contributed by atoms with Crippen LogP contribution in [0.1, 0.15) is 52.0 Å². The molecule has 4 amide bonds. The third kappa shape index (κ3) is 11.0. The minimum atomic E-state index is -1.46. The number of aromatic nitrogens is 1. The first kappa shape index (κ1) is 35.2. The molecule has 1 aromatic carbocycles. The van der Waals surface area contributed by atoms with Gasteiger partial charge in [-0.3, -0.25) is 19.2 Å². The van der Waals surface area contributed by atoms with Gasteiger partial charge in [0.15, 0.2) is 0 Å². The number of para-hydroxylation sites is 1. The number of hydrogen-bond donors (Lipinski definition) is 9. The highest BCUT2D eigenvalue weighted by Crippen LogP contribution is 2.19. The van der Waals surface area contributed by atoms with E-state index in [0.717, 1.165) is 16.5 Å². The molecule has 11 N–H and O–H groups in total. The molecule has 14 heteroatoms. The molecule has 43 heavy (non-hydrogen) atoms. The summed E-state index contributed by atoms with van der Waals surface area (Å²) in [6.45, 7) is 4.76. The van der Waals surface area contributed by atoms with Gasteiger partial charge >= 0.3 is 5.97 Å². The number of rotatable bonds is 18. The summed E-state index contributed by atoms with van der Waals surface area (Å²) in [7, 11) is 0. The molecule has 0 aliphatic carbocycles. The zero-order valence-electron chi connectivity index (χ0n) is 24.9. The lowest BCUT2D eigenvalue weighted by Gasteiger charge is -2.25. The number of aromatic amines is 1. The second-order valence-corrected chi connectivity index (χ2v) is 11.0. The molecule has 14 nitrogen and oxygen atoms in total. The van der Waals surface area contributed by atoms with Crippen LogP contribution in [0.3, 0.4) is 0 Å². The number of unbranched alkanes of at least 4 members (excludes halogenated alkanes) is 1. The van der Waals surface area contributed by atoms with Crippen molar-refractivity contribution in [3.63, 3.8) is 0 Å². The van der Waals surface area contributed by atoms with E-state index in [1.165, 1.54) is 6.92 Å². The number of nitrogens with two attached hydrogens (primary N) is 2. The largest absolute Gasteiger partial charge is 0.480 e. The Kier molecular flexibility index (Phi) is 14.1. The zero-order valence-corrected chi connectivity index (χ0v) is 24.9. The van der Waals surface area contributed by atoms with Crippen LogP contribution in [0.4, 0.5) is 0 Å². The Morgan fingerprint density at radius 1 is 0.860 bits per heavy atom. The van der Waals surface area contributed by atoms with Crippen LogP contribution in [0.25, 0.3) is 10.9 Å². The van der Waals surface area contributed by atoms with E-state index in [1.54, 1.807) is 6.20 Å². The monoisotopic (exact) mass is 603 g/mol. The minimum absolute atomic E-state index is 0.0648. The normalized spacial score (nSPS) is 14.8. The highest BCUT2D eigenvalue weighted by atomic mass is 16.4. The van der Waals surface area contributed by atoms with Gasteiger partial charge in [0.2, 0.25) is 23.6 Å². The van der Waals surface area contributed by atoms with Crippen LogP contribution in [-0.2, 0) is 30.4 Å². The second-order valence-electron chi connectivity index (χ2n) is 11.0. The summed E-state index contributed by atoms with van der Waals surface area (Å²) in [5, 5.41) is 30.0. The van der Waals surface area contributed by atoms with Crippen LogP contribution >= 0.6 is 0 Å². The first-order chi connectivity index (χ1) is 20.4. The Labute approximate surface area is 250 Å². The molecule has 5 atom stereocenters. The Balaban J connectivity index is 2.13. The van der Waals surface area contributed by atoms with Crippen LogP contribution in [0.15, 0.2) is 30.5 Å². The molecule has 2 aromatic rings. The number of carbonyl (C=O) groups is 5. The number of carbonyl (C=O) groups excluding carboxylic acids is 4. The number of nitrogens with one attached hydrogen (secondary N) is 5. The molecule has 0 unspecified atom stereocenters. The Bertz CT molecular complexity index is 1250. The minimum Gasteiger partial charge on any atom is -0.480 e. The number of aliphatic carboxylic acids is 1. The van der Waals surface area contributed by atoms with Gasteiger partial charge in [0, 0.05) is 23.5 Å². The standard InChI is InChI=1S/C29H45N7O7/c1-16(2)12-20(31)26(39)35-23(13-18-14-32-21-9-5-4-8-19(18)21)27(40)36-24(15-37)28(41)33-17(3)25(38)34-22(29(42)43)10-6-7-11-30/h4-5,8-9,14,16-17,20,22-24,32,37H,6-7,10-13,15,30-31H2,1-3H3,(H,33,41)(H,34,38)(H,35,39)(H,36,40)(H,42,43)/t17-,20-,22-,23-,24-/m0/s1. The lowest BCUT2D eigenvalue weighted by Crippen LogP contribution is -2.59. The van der Waals surface area contributed by atoms with Crippen LogP contribution in [-0.4, -0.2) is 88.2 Å². The van der Waals surface area contributed by atoms with Gasteiger partial charge in [0.25, 0.3) is 0 Å². The predicted octanol–water partition coefficient (Wildman–Crippen LogP) is -0.751. The molecule has 0 fully saturated rings. The lowest BCUT2D eigenvalue weighted by molar-refractivity contribution is -0.142. The molecule has 0 saturated carbocycles. The first-order valence-electron chi connectivity index (χ1n) is 14.4. The summed E-state index contributed by atoms with van der Waals surface area (Å²) in [6.07, 6.45) is 3.43. The number of fused-ring (bicyclic) bond motifs is 1. The van der Waals surface area contributed by atoms with Crippen molar-refractivity contribution in [2.24, 2.45) is 17.4 Å². The number of carboxylic acid groups (broad SMARTS) is 1. The smallest absolute Gasteiger partial charge is 0.326 e. The van der Waals surface area contributed by atoms with E-state index in [1.807, 2.05) is 38.1 Å². The van der Waals surface area contributed by atoms with Gasteiger partial charge in [0.05, 0.1) is 12.6 Å². The molecule has 0 bridgehead atoms. The van der Waals surface area contributed by atoms with Crippen LogP contribution < -0.4 is 32.7 Å². The summed E-state index contributed by atoms with van der Waals surface area (Å²) in [5.74, 6) is -3.99. The molecule has 0 saturated heterocycles. The molecule has 0 spiro atoms. The summed E-state index contributed by atoms with van der Waals surface area (Å²) in [4.78, 5) is 66.4. The average molecular weight is 604 g/mol. The van der Waals surface area contributed by atoms with E-state index in [4.69, 9.17) is 11.5 Å². The number of aliphatic hydroxyl groups is 1. The molecule has 0 aliphatic rings. The van der Waals surface area contributed by atoms with Gasteiger partial charge in [0.1, 0.15) is 24.2 Å². The molecule has 1 aromatic heterocycles. The molecule has 0 radical (unpaired) electrons. The number of carboxylic acids is 1. The van der Waals surface area contributed by atoms with Gasteiger partial charge in [-0.05, 0) is 56.7 Å². The van der Waals surface area contributed by atoms with Crippen molar-refractivity contribution >= 4 is 40.5 Å². The van der Waals surface area contributed by atoms with Crippen LogP contribution in [0.5, 0.6) is 0 Å². The highest BCUT2D eigenvalue weighted by molar-refractivity contribution is 5.96. The Morgan fingerprint density at radius 2 is 1.49 bits per heavy atom. The van der Waals surface area contributed by atoms with E-state index in [2.05, 4.69) is 26.3 Å². The van der Waals surface area contributed by atoms with E-state index in [-0.39, 0.29) is 18.8 Å². The first-order valence-corrected chi connectivity index (χ1v) is 14.4. The lowest BCUT2D eigenvalue weighted by atomic mass is 10.0. The van der Waals surface area contributed by atoms with Gasteiger partial charge in [-0.2, -0.15) is 0 Å². The summed E-state index contributed by atoms with van der Waals surface area (Å²) < 4.78 is 0. The second kappa shape index (κ2) is 17.2. The number of amides is 4. The molecule has 0 aliphatic heterocycles. The average Bonchev–Trinajstić information content (AvgIpc) is 3.36. The van der Waals surface area contributed by atoms with Crippen LogP contribution in [0.2, 0.25) is 0 Å². The third-order valence-corrected chi connectivity index (χ3v) is 6.92. The summed E-state index contributed by atoms with van der Waals surface area (Å²) in [6, 6.07) is 1.63. The summed E-state index contributed by atoms with van der Waals surface area (Å²) >= 11 is 0. The van der Waals surface area contributed by atoms with E-state index in [9.17, 15) is 34.2 Å². The maximum Gasteiger partial charge on any atom is 0.326 e. The van der Waals surface area contributed by atoms with Gasteiger partial charge in [-0.15, -0.1) is 0 Å². The van der Waals surface area contributed by atoms with E-state index >= 15 is 0 Å². The maximum absolute atomic E-state index is 13.4. The SMILES string of the molecule is CC(C)C[C@H](N)C(=O)N[C@@H](Cc1c[nH]c2ccccc12)C(=O)N[C@@H](CO)C(=O)N[C@@H](C)C(=O)N[C@@H](CCCCN)C(=O)O. The maximum atomic E-state index is 13.4. The number of hydrogen-bond acceptors (Lipinski definition) is 8. The summed E-state index contributed by atoms with van der Waals surface area (Å²) in [5.41, 5.74) is 13.1. The quantitative estimate of drug-likeness (QED) is 0.0972. The van der Waals surface area contributed by atoms with Gasteiger partial charge < -0.3 is 47.9 Å².